The minimum Gasteiger partial charge on any atom is -0.460 e. The summed E-state index contributed by atoms with van der Waals surface area (Å²) >= 11 is 0. The Morgan fingerprint density at radius 2 is 1.38 bits per heavy atom. The summed E-state index contributed by atoms with van der Waals surface area (Å²) in [5.41, 5.74) is 22.8. The monoisotopic (exact) mass is 811 g/mol. The van der Waals surface area contributed by atoms with Crippen LogP contribution in [0.25, 0.3) is 33.8 Å². The second kappa shape index (κ2) is 14.6. The van der Waals surface area contributed by atoms with Gasteiger partial charge >= 0.3 is 0 Å². The van der Waals surface area contributed by atoms with Gasteiger partial charge in [0.2, 0.25) is 0 Å². The van der Waals surface area contributed by atoms with E-state index < -0.39 is 0 Å². The summed E-state index contributed by atoms with van der Waals surface area (Å²) in [6.45, 7) is 0. The van der Waals surface area contributed by atoms with Gasteiger partial charge in [-0.15, -0.1) is 0 Å². The quantitative estimate of drug-likeness (QED) is 0.167. The first-order valence-electron chi connectivity index (χ1n) is 23.2. The largest absolute Gasteiger partial charge is 0.460 e. The zero-order valence-corrected chi connectivity index (χ0v) is 35.6. The fraction of sp³-hybridized carbons (Fsp3) is 0.180. The molecule has 5 aromatic carbocycles. The van der Waals surface area contributed by atoms with Gasteiger partial charge in [-0.25, -0.2) is 0 Å². The van der Waals surface area contributed by atoms with Crippen molar-refractivity contribution in [2.75, 3.05) is 4.90 Å². The number of nitrogens with zero attached hydrogens (tertiary/aromatic N) is 1. The molecule has 3 unspecified atom stereocenters. The summed E-state index contributed by atoms with van der Waals surface area (Å²) in [6, 6.07) is 44.1. The summed E-state index contributed by atoms with van der Waals surface area (Å²) in [5, 5.41) is 1.19. The molecule has 0 bridgehead atoms. The molecule has 7 aliphatic rings. The van der Waals surface area contributed by atoms with Crippen LogP contribution < -0.4 is 4.90 Å². The average molecular weight is 812 g/mol. The molecule has 63 heavy (non-hydrogen) atoms. The van der Waals surface area contributed by atoms with Gasteiger partial charge < -0.3 is 9.32 Å². The van der Waals surface area contributed by atoms with Gasteiger partial charge in [-0.3, -0.25) is 0 Å². The molecule has 1 heterocycles. The van der Waals surface area contributed by atoms with E-state index in [1.807, 2.05) is 0 Å². The Labute approximate surface area is 370 Å². The Bertz CT molecular complexity index is 3170. The summed E-state index contributed by atoms with van der Waals surface area (Å²) in [4.78, 5) is 2.40. The number of allylic oxidation sites excluding steroid dienone is 17. The molecule has 1 aromatic heterocycles. The second-order valence-corrected chi connectivity index (χ2v) is 18.3. The number of hydrogen-bond acceptors (Lipinski definition) is 2. The number of anilines is 3. The molecule has 0 saturated heterocycles. The third-order valence-electron chi connectivity index (χ3n) is 15.1. The molecule has 0 saturated carbocycles. The lowest BCUT2D eigenvalue weighted by Crippen LogP contribution is -2.30. The first kappa shape index (κ1) is 36.7. The van der Waals surface area contributed by atoms with Crippen LogP contribution in [0.4, 0.5) is 17.1 Å². The molecule has 0 N–H and O–H groups in total. The number of fused-ring (bicyclic) bond motifs is 11. The fourth-order valence-electron chi connectivity index (χ4n) is 12.3. The lowest BCUT2D eigenvalue weighted by molar-refractivity contribution is 0.546. The van der Waals surface area contributed by atoms with Crippen molar-refractivity contribution in [3.8, 4) is 0 Å². The highest BCUT2D eigenvalue weighted by molar-refractivity contribution is 6.00. The van der Waals surface area contributed by atoms with Gasteiger partial charge in [-0.1, -0.05) is 146 Å². The van der Waals surface area contributed by atoms with Crippen LogP contribution >= 0.6 is 0 Å². The minimum atomic E-state index is -0.249. The standard InChI is InChI=1S/C61H49NO/c1-3-14-40(15-4-1)41-26-31-45(32-27-41)62(47-35-37-52-51-19-9-12-25-58(51)63-59(52)39-47)46-33-28-42(29-34-46)44-30-36-50-49-18-7-10-22-54(49)61(57(50)38-44)55-23-11-8-20-53(55)60-48(21-13-24-56(60)61)43-16-5-2-6-17-43/h1-3,5-11,14,16,18-23,26-37,39,43-44H,4,12-13,15,17,24-25,38H2. The van der Waals surface area contributed by atoms with Crippen LogP contribution in [-0.2, 0) is 11.8 Å². The average Bonchev–Trinajstić information content (AvgIpc) is 3.99. The third-order valence-corrected chi connectivity index (χ3v) is 15.1. The van der Waals surface area contributed by atoms with E-state index in [2.05, 4.69) is 193 Å². The van der Waals surface area contributed by atoms with Crippen LogP contribution in [0.5, 0.6) is 0 Å². The number of hydrogen-bond donors (Lipinski definition) is 0. The molecule has 0 fully saturated rings. The van der Waals surface area contributed by atoms with Crippen molar-refractivity contribution in [3.63, 3.8) is 0 Å². The van der Waals surface area contributed by atoms with Crippen molar-refractivity contribution in [1.82, 2.24) is 0 Å². The first-order chi connectivity index (χ1) is 31.2. The summed E-state index contributed by atoms with van der Waals surface area (Å²) in [5.74, 6) is 1.77. The van der Waals surface area contributed by atoms with E-state index >= 15 is 0 Å². The van der Waals surface area contributed by atoms with E-state index in [1.54, 1.807) is 11.1 Å². The maximum absolute atomic E-state index is 6.52. The third kappa shape index (κ3) is 5.63. The normalized spacial score (nSPS) is 22.5. The summed E-state index contributed by atoms with van der Waals surface area (Å²) in [6.07, 6.45) is 36.3. The number of benzene rings is 5. The highest BCUT2D eigenvalue weighted by Gasteiger charge is 2.55. The molecule has 2 heteroatoms. The van der Waals surface area contributed by atoms with Crippen LogP contribution in [0, 0.1) is 5.92 Å². The molecular weight excluding hydrogens is 763 g/mol. The van der Waals surface area contributed by atoms with E-state index in [-0.39, 0.29) is 11.3 Å². The van der Waals surface area contributed by atoms with Gasteiger partial charge in [0.05, 0.1) is 5.41 Å². The van der Waals surface area contributed by atoms with Crippen LogP contribution in [0.15, 0.2) is 203 Å². The lowest BCUT2D eigenvalue weighted by Gasteiger charge is -2.38. The lowest BCUT2D eigenvalue weighted by atomic mass is 9.64. The van der Waals surface area contributed by atoms with Crippen molar-refractivity contribution in [3.05, 3.63) is 244 Å². The molecule has 2 nitrogen and oxygen atoms in total. The molecule has 3 atom stereocenters. The maximum atomic E-state index is 6.52. The van der Waals surface area contributed by atoms with Gasteiger partial charge in [-0.05, 0) is 148 Å². The smallest absolute Gasteiger partial charge is 0.137 e. The van der Waals surface area contributed by atoms with E-state index in [9.17, 15) is 0 Å². The Hall–Kier alpha value is -6.90. The van der Waals surface area contributed by atoms with Crippen LogP contribution in [0.2, 0.25) is 0 Å². The highest BCUT2D eigenvalue weighted by Crippen LogP contribution is 2.66. The van der Waals surface area contributed by atoms with Gasteiger partial charge in [0.25, 0.3) is 0 Å². The molecule has 13 rings (SSSR count). The van der Waals surface area contributed by atoms with E-state index in [0.29, 0.717) is 5.92 Å². The van der Waals surface area contributed by atoms with Gasteiger partial charge in [0.1, 0.15) is 11.3 Å². The maximum Gasteiger partial charge on any atom is 0.137 e. The first-order valence-corrected chi connectivity index (χ1v) is 23.2. The number of rotatable bonds is 6. The van der Waals surface area contributed by atoms with E-state index in [0.717, 1.165) is 79.8 Å². The predicted molar refractivity (Wildman–Crippen MR) is 262 cm³/mol. The zero-order valence-electron chi connectivity index (χ0n) is 35.6. The molecule has 304 valence electrons. The van der Waals surface area contributed by atoms with Gasteiger partial charge in [-0.2, -0.15) is 0 Å². The molecule has 1 spiro atoms. The number of aryl methyl sites for hydroxylation is 1. The van der Waals surface area contributed by atoms with Crippen molar-refractivity contribution < 1.29 is 4.42 Å². The van der Waals surface area contributed by atoms with Crippen LogP contribution in [0.1, 0.15) is 95.6 Å². The minimum absolute atomic E-state index is 0.249. The van der Waals surface area contributed by atoms with Crippen molar-refractivity contribution in [2.24, 2.45) is 5.92 Å². The zero-order chi connectivity index (χ0) is 41.5. The predicted octanol–water partition coefficient (Wildman–Crippen LogP) is 16.0. The van der Waals surface area contributed by atoms with E-state index in [1.165, 1.54) is 66.6 Å². The Morgan fingerprint density at radius 3 is 2.19 bits per heavy atom. The van der Waals surface area contributed by atoms with Gasteiger partial charge in [0, 0.05) is 52.3 Å². The molecule has 0 radical (unpaired) electrons. The summed E-state index contributed by atoms with van der Waals surface area (Å²) in [7, 11) is 0. The Kier molecular flexibility index (Phi) is 8.51. The van der Waals surface area contributed by atoms with Crippen molar-refractivity contribution in [2.45, 2.75) is 62.7 Å². The van der Waals surface area contributed by atoms with Crippen molar-refractivity contribution in [1.29, 1.82) is 0 Å². The topological polar surface area (TPSA) is 16.4 Å². The molecule has 7 aliphatic carbocycles. The SMILES string of the molecule is C1=CCCC(c2ccc(N(c3ccc(C4C=CC5=C(C4)C4(C6=C(C(C7C=CC=CC7)=CCC6)c6ccccc64)c4ccccc45)cc3)c3ccc4c5c(oc4c3)CCC=C5)cc2)=C1. The Morgan fingerprint density at radius 1 is 0.603 bits per heavy atom. The second-order valence-electron chi connectivity index (χ2n) is 18.3. The molecule has 0 aliphatic heterocycles. The molecular formula is C61H49NO. The molecule has 6 aromatic rings. The fourth-order valence-corrected chi connectivity index (χ4v) is 12.3. The van der Waals surface area contributed by atoms with Crippen LogP contribution in [0.3, 0.4) is 0 Å². The van der Waals surface area contributed by atoms with Gasteiger partial charge in [0.15, 0.2) is 0 Å². The summed E-state index contributed by atoms with van der Waals surface area (Å²) < 4.78 is 6.52. The van der Waals surface area contributed by atoms with E-state index in [4.69, 9.17) is 4.42 Å². The number of furan rings is 1. The van der Waals surface area contributed by atoms with Crippen LogP contribution in [-0.4, -0.2) is 0 Å². The molecule has 0 amide bonds. The highest BCUT2D eigenvalue weighted by atomic mass is 16.3. The van der Waals surface area contributed by atoms with Crippen molar-refractivity contribution >= 4 is 50.8 Å². The Balaban J connectivity index is 0.885.